The molecule has 7 heteroatoms. The number of para-hydroxylation sites is 1. The molecular weight excluding hydrogens is 322 g/mol. The first-order valence-corrected chi connectivity index (χ1v) is 8.10. The van der Waals surface area contributed by atoms with E-state index in [4.69, 9.17) is 9.47 Å². The van der Waals surface area contributed by atoms with Crippen LogP contribution in [0, 0.1) is 0 Å². The van der Waals surface area contributed by atoms with Crippen molar-refractivity contribution in [3.8, 4) is 0 Å². The average Bonchev–Trinajstić information content (AvgIpc) is 2.59. The molecule has 1 N–H and O–H groups in total. The second kappa shape index (κ2) is 9.36. The minimum Gasteiger partial charge on any atom is -0.466 e. The highest BCUT2D eigenvalue weighted by molar-refractivity contribution is 5.80. The summed E-state index contributed by atoms with van der Waals surface area (Å²) < 4.78 is 10.0. The van der Waals surface area contributed by atoms with E-state index in [0.29, 0.717) is 36.0 Å². The lowest BCUT2D eigenvalue weighted by Crippen LogP contribution is -2.13. The Morgan fingerprint density at radius 2 is 1.44 bits per heavy atom. The van der Waals surface area contributed by atoms with Crippen LogP contribution in [0.3, 0.4) is 0 Å². The number of benzene rings is 1. The van der Waals surface area contributed by atoms with Gasteiger partial charge in [-0.1, -0.05) is 18.2 Å². The number of anilines is 2. The van der Waals surface area contributed by atoms with Crippen molar-refractivity contribution in [1.82, 2.24) is 9.97 Å². The van der Waals surface area contributed by atoms with Crippen LogP contribution in [0.5, 0.6) is 0 Å². The maximum atomic E-state index is 11.9. The van der Waals surface area contributed by atoms with Gasteiger partial charge in [-0.15, -0.1) is 0 Å². The molecule has 0 saturated carbocycles. The standard InChI is InChI=1S/C18H21N3O4/c1-3-24-15(22)11-13-7-5-8-14(12-16(23)25-4-2)17(13)21-18-19-9-6-10-20-18/h5-10H,3-4,11-12H2,1-2H3,(H,19,20,21). The van der Waals surface area contributed by atoms with Crippen molar-refractivity contribution < 1.29 is 19.1 Å². The number of nitrogens with one attached hydrogen (secondary N) is 1. The number of rotatable bonds is 8. The second-order valence-electron chi connectivity index (χ2n) is 5.11. The minimum atomic E-state index is -0.340. The highest BCUT2D eigenvalue weighted by atomic mass is 16.5. The number of hydrogen-bond donors (Lipinski definition) is 1. The quantitative estimate of drug-likeness (QED) is 0.736. The lowest BCUT2D eigenvalue weighted by atomic mass is 10.0. The molecule has 7 nitrogen and oxygen atoms in total. The summed E-state index contributed by atoms with van der Waals surface area (Å²) >= 11 is 0. The van der Waals surface area contributed by atoms with E-state index in [1.54, 1.807) is 50.5 Å². The van der Waals surface area contributed by atoms with Gasteiger partial charge in [-0.2, -0.15) is 0 Å². The highest BCUT2D eigenvalue weighted by Gasteiger charge is 2.16. The molecule has 0 aliphatic carbocycles. The van der Waals surface area contributed by atoms with Gasteiger partial charge in [0, 0.05) is 18.1 Å². The van der Waals surface area contributed by atoms with E-state index in [-0.39, 0.29) is 24.8 Å². The van der Waals surface area contributed by atoms with Crippen LogP contribution in [-0.4, -0.2) is 35.1 Å². The zero-order valence-electron chi connectivity index (χ0n) is 14.3. The van der Waals surface area contributed by atoms with E-state index in [2.05, 4.69) is 15.3 Å². The van der Waals surface area contributed by atoms with Crippen molar-refractivity contribution in [1.29, 1.82) is 0 Å². The van der Waals surface area contributed by atoms with Crippen molar-refractivity contribution in [3.63, 3.8) is 0 Å². The molecule has 1 aromatic carbocycles. The molecule has 1 heterocycles. The second-order valence-corrected chi connectivity index (χ2v) is 5.11. The third-order valence-corrected chi connectivity index (χ3v) is 3.32. The first kappa shape index (κ1) is 18.4. The van der Waals surface area contributed by atoms with Crippen LogP contribution in [0.1, 0.15) is 25.0 Å². The molecule has 0 aliphatic rings. The molecule has 2 aromatic rings. The number of nitrogens with zero attached hydrogens (tertiary/aromatic N) is 2. The van der Waals surface area contributed by atoms with Crippen molar-refractivity contribution in [2.24, 2.45) is 0 Å². The van der Waals surface area contributed by atoms with E-state index in [9.17, 15) is 9.59 Å². The molecule has 0 aliphatic heterocycles. The number of aromatic nitrogens is 2. The lowest BCUT2D eigenvalue weighted by Gasteiger charge is -2.15. The Morgan fingerprint density at radius 1 is 0.920 bits per heavy atom. The van der Waals surface area contributed by atoms with E-state index >= 15 is 0 Å². The molecule has 2 rings (SSSR count). The molecule has 0 radical (unpaired) electrons. The van der Waals surface area contributed by atoms with Gasteiger partial charge in [0.1, 0.15) is 0 Å². The van der Waals surface area contributed by atoms with Gasteiger partial charge in [0.2, 0.25) is 5.95 Å². The number of hydrogen-bond acceptors (Lipinski definition) is 7. The van der Waals surface area contributed by atoms with Crippen LogP contribution in [0.15, 0.2) is 36.7 Å². The first-order chi connectivity index (χ1) is 12.1. The summed E-state index contributed by atoms with van der Waals surface area (Å²) in [6.07, 6.45) is 3.38. The van der Waals surface area contributed by atoms with E-state index < -0.39 is 0 Å². The summed E-state index contributed by atoms with van der Waals surface area (Å²) in [7, 11) is 0. The summed E-state index contributed by atoms with van der Waals surface area (Å²) in [5.41, 5.74) is 2.02. The van der Waals surface area contributed by atoms with Gasteiger partial charge in [-0.05, 0) is 31.0 Å². The highest BCUT2D eigenvalue weighted by Crippen LogP contribution is 2.25. The van der Waals surface area contributed by atoms with Gasteiger partial charge in [0.15, 0.2) is 0 Å². The van der Waals surface area contributed by atoms with Gasteiger partial charge >= 0.3 is 11.9 Å². The third-order valence-electron chi connectivity index (χ3n) is 3.32. The van der Waals surface area contributed by atoms with Gasteiger partial charge in [-0.25, -0.2) is 9.97 Å². The average molecular weight is 343 g/mol. The Morgan fingerprint density at radius 3 is 1.92 bits per heavy atom. The largest absolute Gasteiger partial charge is 0.466 e. The Labute approximate surface area is 146 Å². The molecule has 0 fully saturated rings. The van der Waals surface area contributed by atoms with E-state index in [0.717, 1.165) is 0 Å². The fourth-order valence-electron chi connectivity index (χ4n) is 2.32. The van der Waals surface area contributed by atoms with Crippen molar-refractivity contribution >= 4 is 23.6 Å². The van der Waals surface area contributed by atoms with E-state index in [1.165, 1.54) is 0 Å². The summed E-state index contributed by atoms with van der Waals surface area (Å²) in [6.45, 7) is 4.13. The van der Waals surface area contributed by atoms with Gasteiger partial charge in [0.25, 0.3) is 0 Å². The Balaban J connectivity index is 2.33. The van der Waals surface area contributed by atoms with Crippen LogP contribution in [0.4, 0.5) is 11.6 Å². The van der Waals surface area contributed by atoms with E-state index in [1.807, 2.05) is 0 Å². The molecule has 0 amide bonds. The van der Waals surface area contributed by atoms with Gasteiger partial charge < -0.3 is 14.8 Å². The predicted octanol–water partition coefficient (Wildman–Crippen LogP) is 2.43. The Bertz CT molecular complexity index is 681. The van der Waals surface area contributed by atoms with Crippen molar-refractivity contribution in [2.45, 2.75) is 26.7 Å². The van der Waals surface area contributed by atoms with Crippen LogP contribution in [0.25, 0.3) is 0 Å². The maximum absolute atomic E-state index is 11.9. The van der Waals surface area contributed by atoms with Gasteiger partial charge in [0.05, 0.1) is 26.1 Å². The number of carbonyl (C=O) groups excluding carboxylic acids is 2. The molecule has 0 spiro atoms. The molecule has 0 bridgehead atoms. The van der Waals surface area contributed by atoms with Crippen LogP contribution in [-0.2, 0) is 31.9 Å². The minimum absolute atomic E-state index is 0.0830. The van der Waals surface area contributed by atoms with Gasteiger partial charge in [-0.3, -0.25) is 9.59 Å². The third kappa shape index (κ3) is 5.56. The summed E-state index contributed by atoms with van der Waals surface area (Å²) in [5, 5.41) is 3.10. The normalized spacial score (nSPS) is 10.2. The molecule has 25 heavy (non-hydrogen) atoms. The summed E-state index contributed by atoms with van der Waals surface area (Å²) in [6, 6.07) is 7.10. The molecule has 0 unspecified atom stereocenters. The molecule has 132 valence electrons. The van der Waals surface area contributed by atoms with Crippen LogP contribution >= 0.6 is 0 Å². The molecule has 0 saturated heterocycles. The van der Waals surface area contributed by atoms with Crippen LogP contribution < -0.4 is 5.32 Å². The fourth-order valence-corrected chi connectivity index (χ4v) is 2.32. The Kier molecular flexibility index (Phi) is 6.88. The zero-order valence-corrected chi connectivity index (χ0v) is 14.3. The maximum Gasteiger partial charge on any atom is 0.310 e. The number of ether oxygens (including phenoxy) is 2. The topological polar surface area (TPSA) is 90.4 Å². The summed E-state index contributed by atoms with van der Waals surface area (Å²) in [4.78, 5) is 32.0. The predicted molar refractivity (Wildman–Crippen MR) is 92.4 cm³/mol. The monoisotopic (exact) mass is 343 g/mol. The number of esters is 2. The van der Waals surface area contributed by atoms with Crippen molar-refractivity contribution in [2.75, 3.05) is 18.5 Å². The van der Waals surface area contributed by atoms with Crippen molar-refractivity contribution in [3.05, 3.63) is 47.8 Å². The lowest BCUT2D eigenvalue weighted by molar-refractivity contribution is -0.143. The zero-order chi connectivity index (χ0) is 18.1. The van der Waals surface area contributed by atoms with Crippen LogP contribution in [0.2, 0.25) is 0 Å². The summed E-state index contributed by atoms with van der Waals surface area (Å²) in [5.74, 6) is -0.301. The molecular formula is C18H21N3O4. The smallest absolute Gasteiger partial charge is 0.310 e. The Hall–Kier alpha value is -2.96. The first-order valence-electron chi connectivity index (χ1n) is 8.10. The SMILES string of the molecule is CCOC(=O)Cc1cccc(CC(=O)OCC)c1Nc1ncccn1. The fraction of sp³-hybridized carbons (Fsp3) is 0.333. The molecule has 1 aromatic heterocycles. The number of carbonyl (C=O) groups is 2. The molecule has 0 atom stereocenters.